The van der Waals surface area contributed by atoms with E-state index in [2.05, 4.69) is 10.0 Å². The molecule has 2 aromatic rings. The standard InChI is InChI=1S/C18H24N2O5S/c1-5-10-26(21,22)20-14-8-6-13(7-9-14)19-15-11-16(23-2)18(25-4)17(12-15)24-3/h6-9,11-12,19-20H,5,10H2,1-4H3. The molecule has 0 unspecified atom stereocenters. The van der Waals surface area contributed by atoms with Crippen LogP contribution >= 0.6 is 0 Å². The highest BCUT2D eigenvalue weighted by atomic mass is 32.2. The number of methoxy groups -OCH3 is 3. The predicted octanol–water partition coefficient (Wildman–Crippen LogP) is 3.61. The molecule has 0 fully saturated rings. The normalized spacial score (nSPS) is 10.9. The molecule has 0 amide bonds. The quantitative estimate of drug-likeness (QED) is 0.691. The maximum atomic E-state index is 11.8. The zero-order valence-electron chi connectivity index (χ0n) is 15.3. The molecule has 0 radical (unpaired) electrons. The summed E-state index contributed by atoms with van der Waals surface area (Å²) in [4.78, 5) is 0. The van der Waals surface area contributed by atoms with Crippen LogP contribution in [0.25, 0.3) is 0 Å². The first-order chi connectivity index (χ1) is 12.4. The van der Waals surface area contributed by atoms with Crippen LogP contribution in [0.4, 0.5) is 17.1 Å². The molecule has 0 aromatic heterocycles. The fourth-order valence-corrected chi connectivity index (χ4v) is 3.58. The molecule has 0 saturated heterocycles. The second-order valence-corrected chi connectivity index (χ2v) is 7.38. The van der Waals surface area contributed by atoms with Gasteiger partial charge in [0.15, 0.2) is 11.5 Å². The summed E-state index contributed by atoms with van der Waals surface area (Å²) in [7, 11) is 1.36. The second-order valence-electron chi connectivity index (χ2n) is 5.54. The molecule has 0 atom stereocenters. The van der Waals surface area contributed by atoms with Gasteiger partial charge in [-0.15, -0.1) is 0 Å². The van der Waals surface area contributed by atoms with Crippen molar-refractivity contribution in [2.75, 3.05) is 37.1 Å². The summed E-state index contributed by atoms with van der Waals surface area (Å²) >= 11 is 0. The molecule has 0 bridgehead atoms. The number of anilines is 3. The molecule has 0 aliphatic rings. The number of hydrogen-bond acceptors (Lipinski definition) is 6. The third kappa shape index (κ3) is 4.95. The molecule has 26 heavy (non-hydrogen) atoms. The van der Waals surface area contributed by atoms with Crippen LogP contribution in [-0.4, -0.2) is 35.5 Å². The van der Waals surface area contributed by atoms with Gasteiger partial charge in [0, 0.05) is 29.2 Å². The van der Waals surface area contributed by atoms with Crippen molar-refractivity contribution >= 4 is 27.1 Å². The van der Waals surface area contributed by atoms with Crippen molar-refractivity contribution < 1.29 is 22.6 Å². The van der Waals surface area contributed by atoms with Gasteiger partial charge in [-0.2, -0.15) is 0 Å². The molecule has 0 heterocycles. The number of sulfonamides is 1. The highest BCUT2D eigenvalue weighted by Crippen LogP contribution is 2.40. The lowest BCUT2D eigenvalue weighted by atomic mass is 10.2. The summed E-state index contributed by atoms with van der Waals surface area (Å²) in [6.07, 6.45) is 0.566. The molecule has 142 valence electrons. The van der Waals surface area contributed by atoms with E-state index in [1.54, 1.807) is 57.7 Å². The van der Waals surface area contributed by atoms with E-state index >= 15 is 0 Å². The SMILES string of the molecule is CCCS(=O)(=O)Nc1ccc(Nc2cc(OC)c(OC)c(OC)c2)cc1. The molecule has 0 spiro atoms. The van der Waals surface area contributed by atoms with Gasteiger partial charge in [0.05, 0.1) is 27.1 Å². The fourth-order valence-electron chi connectivity index (χ4n) is 2.44. The summed E-state index contributed by atoms with van der Waals surface area (Å²) < 4.78 is 42.1. The topological polar surface area (TPSA) is 85.9 Å². The Bertz CT molecular complexity index is 810. The van der Waals surface area contributed by atoms with E-state index in [1.807, 2.05) is 6.92 Å². The zero-order valence-corrected chi connectivity index (χ0v) is 16.1. The molecule has 8 heteroatoms. The number of ether oxygens (including phenoxy) is 3. The Morgan fingerprint density at radius 1 is 0.846 bits per heavy atom. The van der Waals surface area contributed by atoms with Crippen LogP contribution in [0.2, 0.25) is 0 Å². The van der Waals surface area contributed by atoms with Gasteiger partial charge >= 0.3 is 0 Å². The van der Waals surface area contributed by atoms with Crippen molar-refractivity contribution in [2.24, 2.45) is 0 Å². The first kappa shape index (κ1) is 19.7. The highest BCUT2D eigenvalue weighted by Gasteiger charge is 2.13. The van der Waals surface area contributed by atoms with Crippen LogP contribution in [0.15, 0.2) is 36.4 Å². The predicted molar refractivity (Wildman–Crippen MR) is 104 cm³/mol. The van der Waals surface area contributed by atoms with E-state index in [0.717, 1.165) is 11.4 Å². The van der Waals surface area contributed by atoms with E-state index in [-0.39, 0.29) is 5.75 Å². The smallest absolute Gasteiger partial charge is 0.232 e. The molecular weight excluding hydrogens is 356 g/mol. The Hall–Kier alpha value is -2.61. The third-order valence-electron chi connectivity index (χ3n) is 3.58. The average Bonchev–Trinajstić information content (AvgIpc) is 2.62. The zero-order chi connectivity index (χ0) is 19.2. The lowest BCUT2D eigenvalue weighted by Crippen LogP contribution is -2.15. The van der Waals surface area contributed by atoms with E-state index in [9.17, 15) is 8.42 Å². The van der Waals surface area contributed by atoms with E-state index in [1.165, 1.54) is 0 Å². The maximum absolute atomic E-state index is 11.8. The lowest BCUT2D eigenvalue weighted by Gasteiger charge is -2.15. The van der Waals surface area contributed by atoms with Gasteiger partial charge in [-0.25, -0.2) is 8.42 Å². The first-order valence-electron chi connectivity index (χ1n) is 8.10. The van der Waals surface area contributed by atoms with Gasteiger partial charge < -0.3 is 19.5 Å². The fraction of sp³-hybridized carbons (Fsp3) is 0.333. The summed E-state index contributed by atoms with van der Waals surface area (Å²) in [6, 6.07) is 10.6. The largest absolute Gasteiger partial charge is 0.493 e. The lowest BCUT2D eigenvalue weighted by molar-refractivity contribution is 0.324. The highest BCUT2D eigenvalue weighted by molar-refractivity contribution is 7.92. The molecule has 7 nitrogen and oxygen atoms in total. The summed E-state index contributed by atoms with van der Waals surface area (Å²) in [6.45, 7) is 1.82. The number of nitrogens with one attached hydrogen (secondary N) is 2. The van der Waals surface area contributed by atoms with Gasteiger partial charge in [-0.1, -0.05) is 6.92 Å². The van der Waals surface area contributed by atoms with Gasteiger partial charge in [0.25, 0.3) is 0 Å². The van der Waals surface area contributed by atoms with Gasteiger partial charge in [0.1, 0.15) is 0 Å². The molecule has 2 rings (SSSR count). The molecule has 0 saturated carbocycles. The summed E-state index contributed by atoms with van der Waals surface area (Å²) in [5.41, 5.74) is 2.06. The van der Waals surface area contributed by atoms with Crippen LogP contribution in [0.3, 0.4) is 0 Å². The number of hydrogen-bond donors (Lipinski definition) is 2. The number of benzene rings is 2. The van der Waals surface area contributed by atoms with Crippen LogP contribution in [0, 0.1) is 0 Å². The number of rotatable bonds is 9. The van der Waals surface area contributed by atoms with Crippen molar-refractivity contribution in [1.29, 1.82) is 0 Å². The van der Waals surface area contributed by atoms with E-state index in [0.29, 0.717) is 29.4 Å². The van der Waals surface area contributed by atoms with E-state index < -0.39 is 10.0 Å². The van der Waals surface area contributed by atoms with Crippen molar-refractivity contribution in [2.45, 2.75) is 13.3 Å². The van der Waals surface area contributed by atoms with Gasteiger partial charge in [-0.05, 0) is 30.7 Å². The minimum atomic E-state index is -3.30. The Labute approximate surface area is 154 Å². The first-order valence-corrected chi connectivity index (χ1v) is 9.75. The van der Waals surface area contributed by atoms with Crippen LogP contribution in [0.5, 0.6) is 17.2 Å². The monoisotopic (exact) mass is 380 g/mol. The van der Waals surface area contributed by atoms with Crippen LogP contribution < -0.4 is 24.2 Å². The van der Waals surface area contributed by atoms with Crippen molar-refractivity contribution in [1.82, 2.24) is 0 Å². The Morgan fingerprint density at radius 2 is 1.38 bits per heavy atom. The van der Waals surface area contributed by atoms with Crippen LogP contribution in [0.1, 0.15) is 13.3 Å². The molecule has 2 N–H and O–H groups in total. The average molecular weight is 380 g/mol. The van der Waals surface area contributed by atoms with Crippen molar-refractivity contribution in [3.63, 3.8) is 0 Å². The van der Waals surface area contributed by atoms with Crippen LogP contribution in [-0.2, 0) is 10.0 Å². The minimum Gasteiger partial charge on any atom is -0.493 e. The molecule has 0 aliphatic heterocycles. The van der Waals surface area contributed by atoms with Crippen molar-refractivity contribution in [3.8, 4) is 17.2 Å². The van der Waals surface area contributed by atoms with E-state index in [4.69, 9.17) is 14.2 Å². The summed E-state index contributed by atoms with van der Waals surface area (Å²) in [5, 5.41) is 3.23. The molecule has 2 aromatic carbocycles. The minimum absolute atomic E-state index is 0.0957. The Kier molecular flexibility index (Phi) is 6.57. The third-order valence-corrected chi connectivity index (χ3v) is 5.08. The maximum Gasteiger partial charge on any atom is 0.232 e. The van der Waals surface area contributed by atoms with Gasteiger partial charge in [-0.3, -0.25) is 4.72 Å². The molecule has 0 aliphatic carbocycles. The Morgan fingerprint density at radius 3 is 1.85 bits per heavy atom. The second kappa shape index (κ2) is 8.66. The summed E-state index contributed by atoms with van der Waals surface area (Å²) in [5.74, 6) is 1.69. The molecular formula is C18H24N2O5S. The van der Waals surface area contributed by atoms with Crippen molar-refractivity contribution in [3.05, 3.63) is 36.4 Å². The van der Waals surface area contributed by atoms with Gasteiger partial charge in [0.2, 0.25) is 15.8 Å². The Balaban J connectivity index is 2.19.